The first-order chi connectivity index (χ1) is 15.9. The van der Waals surface area contributed by atoms with E-state index in [0.29, 0.717) is 5.56 Å². The lowest BCUT2D eigenvalue weighted by Crippen LogP contribution is -2.60. The molecule has 5 nitrogen and oxygen atoms in total. The molecule has 4 rings (SSSR count). The summed E-state index contributed by atoms with van der Waals surface area (Å²) in [5.74, 6) is -4.05. The largest absolute Gasteiger partial charge is 0.490 e. The average Bonchev–Trinajstić information content (AvgIpc) is 3.59. The molecule has 1 saturated carbocycles. The number of alkyl halides is 6. The zero-order valence-electron chi connectivity index (χ0n) is 18.1. The third kappa shape index (κ3) is 5.41. The van der Waals surface area contributed by atoms with Crippen molar-refractivity contribution in [3.8, 4) is 5.75 Å². The molecule has 0 radical (unpaired) electrons. The van der Waals surface area contributed by atoms with Crippen molar-refractivity contribution in [2.24, 2.45) is 5.92 Å². The van der Waals surface area contributed by atoms with Crippen LogP contribution in [0.5, 0.6) is 5.75 Å². The summed E-state index contributed by atoms with van der Waals surface area (Å²) in [6.07, 6.45) is -5.51. The number of hydrogen-bond acceptors (Lipinski definition) is 4. The van der Waals surface area contributed by atoms with Crippen molar-refractivity contribution >= 4 is 17.6 Å². The van der Waals surface area contributed by atoms with Crippen LogP contribution in [0.1, 0.15) is 53.9 Å². The van der Waals surface area contributed by atoms with E-state index in [2.05, 4.69) is 0 Å². The summed E-state index contributed by atoms with van der Waals surface area (Å²) >= 11 is 5.84. The number of hydrazine groups is 1. The Balaban J connectivity index is 1.39. The fraction of sp³-hybridized carbons (Fsp3) is 0.682. The van der Waals surface area contributed by atoms with Crippen LogP contribution in [0.2, 0.25) is 0 Å². The van der Waals surface area contributed by atoms with E-state index in [1.165, 1.54) is 11.1 Å². The van der Waals surface area contributed by atoms with E-state index in [9.17, 15) is 26.7 Å². The highest BCUT2D eigenvalue weighted by molar-refractivity contribution is 6.21. The summed E-state index contributed by atoms with van der Waals surface area (Å²) in [6.45, 7) is -1.08. The Hall–Kier alpha value is -1.72. The lowest BCUT2D eigenvalue weighted by Gasteiger charge is -2.47. The average molecular weight is 515 g/mol. The third-order valence-electron chi connectivity index (χ3n) is 6.80. The highest BCUT2D eigenvalue weighted by Gasteiger charge is 2.50. The van der Waals surface area contributed by atoms with Crippen LogP contribution in [0.4, 0.5) is 26.3 Å². The van der Waals surface area contributed by atoms with E-state index >= 15 is 4.39 Å². The van der Waals surface area contributed by atoms with Gasteiger partial charge in [0.1, 0.15) is 23.8 Å². The minimum absolute atomic E-state index is 0.0248. The van der Waals surface area contributed by atoms with Gasteiger partial charge >= 0.3 is 12.1 Å². The van der Waals surface area contributed by atoms with Crippen molar-refractivity contribution in [1.82, 2.24) is 10.0 Å². The Kier molecular flexibility index (Phi) is 7.00. The van der Waals surface area contributed by atoms with E-state index in [1.807, 2.05) is 0 Å². The summed E-state index contributed by atoms with van der Waals surface area (Å²) in [7, 11) is 0. The van der Waals surface area contributed by atoms with Gasteiger partial charge in [-0.1, -0.05) is 0 Å². The van der Waals surface area contributed by atoms with Gasteiger partial charge < -0.3 is 9.84 Å². The highest BCUT2D eigenvalue weighted by Crippen LogP contribution is 2.46. The van der Waals surface area contributed by atoms with E-state index in [1.54, 1.807) is 0 Å². The second kappa shape index (κ2) is 9.39. The van der Waals surface area contributed by atoms with Crippen LogP contribution in [0, 0.1) is 11.7 Å². The van der Waals surface area contributed by atoms with Gasteiger partial charge in [0.2, 0.25) is 0 Å². The van der Waals surface area contributed by atoms with Gasteiger partial charge in [0.05, 0.1) is 16.9 Å². The van der Waals surface area contributed by atoms with Crippen LogP contribution in [-0.4, -0.2) is 70.9 Å². The van der Waals surface area contributed by atoms with Gasteiger partial charge in [0, 0.05) is 25.7 Å². The molecular formula is C22H25ClF6N2O3. The number of hydrogen-bond donors (Lipinski definition) is 1. The zero-order chi connectivity index (χ0) is 24.8. The molecule has 2 saturated heterocycles. The Morgan fingerprint density at radius 1 is 1.24 bits per heavy atom. The van der Waals surface area contributed by atoms with Crippen LogP contribution in [0.3, 0.4) is 0 Å². The molecule has 12 heteroatoms. The van der Waals surface area contributed by atoms with Crippen molar-refractivity contribution < 1.29 is 41.0 Å². The Bertz CT molecular complexity index is 921. The molecule has 0 spiro atoms. The van der Waals surface area contributed by atoms with Gasteiger partial charge in [-0.15, -0.1) is 11.6 Å². The third-order valence-corrected chi connectivity index (χ3v) is 7.18. The fourth-order valence-corrected chi connectivity index (χ4v) is 4.90. The van der Waals surface area contributed by atoms with Crippen LogP contribution in [0.15, 0.2) is 12.1 Å². The summed E-state index contributed by atoms with van der Waals surface area (Å²) < 4.78 is 89.4. The molecule has 0 amide bonds. The molecule has 3 unspecified atom stereocenters. The van der Waals surface area contributed by atoms with E-state index in [4.69, 9.17) is 21.4 Å². The quantitative estimate of drug-likeness (QED) is 0.318. The Morgan fingerprint density at radius 3 is 2.44 bits per heavy atom. The van der Waals surface area contributed by atoms with Crippen molar-refractivity contribution in [1.29, 1.82) is 0 Å². The molecule has 1 aromatic carbocycles. The number of carboxylic acid groups (broad SMARTS) is 1. The maximum atomic E-state index is 15.4. The van der Waals surface area contributed by atoms with Gasteiger partial charge in [-0.3, -0.25) is 0 Å². The van der Waals surface area contributed by atoms with E-state index in [0.717, 1.165) is 23.9 Å². The molecule has 0 aromatic heterocycles. The van der Waals surface area contributed by atoms with Gasteiger partial charge in [-0.2, -0.15) is 13.2 Å². The summed E-state index contributed by atoms with van der Waals surface area (Å²) in [6, 6.07) is 2.17. The minimum Gasteiger partial charge on any atom is -0.490 e. The Morgan fingerprint density at radius 2 is 1.88 bits per heavy atom. The lowest BCUT2D eigenvalue weighted by atomic mass is 9.93. The molecular weight excluding hydrogens is 490 g/mol. The minimum atomic E-state index is -4.51. The number of aromatic carboxylic acids is 1. The lowest BCUT2D eigenvalue weighted by molar-refractivity contribution is -0.227. The van der Waals surface area contributed by atoms with Gasteiger partial charge in [-0.05, 0) is 49.7 Å². The number of piperidine rings is 2. The standard InChI is InChI=1S/C22H25ClF6N2O3/c23-16-7-13(22(27,28)29)10-31(19(16)25)30-5-3-21(26,4-6-30)11-34-18-9-17(24)15(20(32)33)8-14(18)12-1-2-12/h8-9,12-13,16,19H,1-7,10-11H2,(H,32,33). The SMILES string of the molecule is O=C(O)c1cc(C2CC2)c(OCC2(F)CCN(N3CC(C(F)(F)F)CC(Cl)C3F)CC2)cc1F. The zero-order valence-corrected chi connectivity index (χ0v) is 18.9. The normalized spacial score (nSPS) is 28.6. The van der Waals surface area contributed by atoms with Crippen molar-refractivity contribution in [2.45, 2.75) is 61.5 Å². The molecule has 1 aromatic rings. The monoisotopic (exact) mass is 514 g/mol. The number of ether oxygens (including phenoxy) is 1. The number of nitrogens with zero attached hydrogens (tertiary/aromatic N) is 2. The van der Waals surface area contributed by atoms with E-state index in [-0.39, 0.29) is 37.6 Å². The molecule has 2 aliphatic heterocycles. The fourth-order valence-electron chi connectivity index (χ4n) is 4.56. The van der Waals surface area contributed by atoms with Crippen LogP contribution >= 0.6 is 11.6 Å². The number of carbonyl (C=O) groups is 1. The Labute approximate surface area is 197 Å². The molecule has 1 aliphatic carbocycles. The molecule has 2 heterocycles. The predicted octanol–water partition coefficient (Wildman–Crippen LogP) is 5.29. The van der Waals surface area contributed by atoms with Crippen molar-refractivity contribution in [2.75, 3.05) is 26.2 Å². The first kappa shape index (κ1) is 25.4. The molecule has 1 N–H and O–H groups in total. The highest BCUT2D eigenvalue weighted by atomic mass is 35.5. The molecule has 3 fully saturated rings. The maximum Gasteiger partial charge on any atom is 0.393 e. The topological polar surface area (TPSA) is 53.0 Å². The number of halogens is 7. The van der Waals surface area contributed by atoms with Crippen LogP contribution in [0.25, 0.3) is 0 Å². The van der Waals surface area contributed by atoms with E-state index < -0.39 is 66.4 Å². The molecule has 34 heavy (non-hydrogen) atoms. The van der Waals surface area contributed by atoms with Crippen molar-refractivity contribution in [3.05, 3.63) is 29.1 Å². The van der Waals surface area contributed by atoms with Gasteiger partial charge in [0.25, 0.3) is 0 Å². The molecule has 3 aliphatic rings. The molecule has 3 atom stereocenters. The first-order valence-electron chi connectivity index (χ1n) is 11.1. The smallest absolute Gasteiger partial charge is 0.393 e. The van der Waals surface area contributed by atoms with Crippen LogP contribution < -0.4 is 4.74 Å². The summed E-state index contributed by atoms with van der Waals surface area (Å²) in [5.41, 5.74) is -1.82. The number of benzene rings is 1. The molecule has 190 valence electrons. The summed E-state index contributed by atoms with van der Waals surface area (Å²) in [4.78, 5) is 11.2. The number of rotatable bonds is 6. The van der Waals surface area contributed by atoms with Crippen molar-refractivity contribution in [3.63, 3.8) is 0 Å². The summed E-state index contributed by atoms with van der Waals surface area (Å²) in [5, 5.41) is 10.1. The second-order valence-corrected chi connectivity index (χ2v) is 9.89. The van der Waals surface area contributed by atoms with Crippen LogP contribution in [-0.2, 0) is 0 Å². The predicted molar refractivity (Wildman–Crippen MR) is 111 cm³/mol. The van der Waals surface area contributed by atoms with Gasteiger partial charge in [-0.25, -0.2) is 28.0 Å². The molecule has 0 bridgehead atoms. The maximum absolute atomic E-state index is 15.4. The van der Waals surface area contributed by atoms with Gasteiger partial charge in [0.15, 0.2) is 6.30 Å². The second-order valence-electron chi connectivity index (χ2n) is 9.33. The number of carboxylic acids is 1. The first-order valence-corrected chi connectivity index (χ1v) is 11.6.